The van der Waals surface area contributed by atoms with Crippen LogP contribution in [-0.2, 0) is 24.6 Å². The minimum absolute atomic E-state index is 0.0398. The predicted molar refractivity (Wildman–Crippen MR) is 128 cm³/mol. The Balaban J connectivity index is 1.22. The summed E-state index contributed by atoms with van der Waals surface area (Å²) in [5, 5.41) is 5.55. The van der Waals surface area contributed by atoms with Gasteiger partial charge in [0.15, 0.2) is 0 Å². The molecule has 5 aliphatic rings. The molecule has 4 fully saturated rings. The van der Waals surface area contributed by atoms with E-state index in [1.165, 1.54) is 4.90 Å². The van der Waals surface area contributed by atoms with E-state index in [0.29, 0.717) is 29.8 Å². The summed E-state index contributed by atoms with van der Waals surface area (Å²) in [5.74, 6) is -3.27. The van der Waals surface area contributed by atoms with Crippen molar-refractivity contribution in [2.45, 2.75) is 74.8 Å². The monoisotopic (exact) mass is 533 g/mol. The Bertz CT molecular complexity index is 1210. The molecule has 2 saturated carbocycles. The number of amides is 4. The number of carbonyl (C=O) groups is 4. The lowest BCUT2D eigenvalue weighted by Gasteiger charge is -2.30. The molecule has 4 atom stereocenters. The van der Waals surface area contributed by atoms with E-state index in [4.69, 9.17) is 5.73 Å². The van der Waals surface area contributed by atoms with E-state index in [0.717, 1.165) is 18.4 Å². The van der Waals surface area contributed by atoms with Crippen molar-refractivity contribution in [2.24, 2.45) is 17.1 Å². The first kappa shape index (κ1) is 25.1. The number of hydrogen-bond acceptors (Lipinski definition) is 5. The highest BCUT2D eigenvalue weighted by atomic mass is 19.4. The molecule has 2 spiro atoms. The fourth-order valence-electron chi connectivity index (χ4n) is 6.50. The molecular weight excluding hydrogens is 503 g/mol. The molecule has 0 bridgehead atoms. The molecule has 1 aromatic rings. The highest BCUT2D eigenvalue weighted by Crippen LogP contribution is 2.55. The molecule has 0 radical (unpaired) electrons. The third kappa shape index (κ3) is 4.13. The number of rotatable bonds is 5. The standard InChI is InChI=1S/C26H30F3N5O4/c27-26(28,29)23(38)33-12-24(7-8-24)10-18(33)20(35)31-17(9-14-5-6-14)21(36)34-13-25(11-19(34)30)15-3-1-2-4-16(15)32-22(25)37/h1-4,14,17-19H,5-13,30H2,(H,31,35)(H,32,37)/t17?,18-,19-,25-/m0/s1. The summed E-state index contributed by atoms with van der Waals surface area (Å²) in [6, 6.07) is 4.95. The molecule has 4 N–H and O–H groups in total. The number of halogens is 3. The number of hydrogen-bond donors (Lipinski definition) is 3. The van der Waals surface area contributed by atoms with E-state index in [1.54, 1.807) is 12.1 Å². The second-order valence-electron chi connectivity index (χ2n) is 11.7. The number of likely N-dealkylation sites (tertiary alicyclic amines) is 2. The molecule has 12 heteroatoms. The Hall–Kier alpha value is -3.15. The molecule has 4 amide bonds. The largest absolute Gasteiger partial charge is 0.471 e. The highest BCUT2D eigenvalue weighted by Gasteiger charge is 2.60. The minimum atomic E-state index is -5.09. The SMILES string of the molecule is N[C@@H]1C[C@@]2(CN1C(=O)C(CC1CC1)NC(=O)[C@@H]1CC3(CC3)CN1C(=O)C(F)(F)F)C(=O)Nc1ccccc12. The quantitative estimate of drug-likeness (QED) is 0.531. The van der Waals surface area contributed by atoms with Crippen LogP contribution in [0.4, 0.5) is 18.9 Å². The number of para-hydroxylation sites is 1. The van der Waals surface area contributed by atoms with Gasteiger partial charge >= 0.3 is 12.1 Å². The van der Waals surface area contributed by atoms with Crippen molar-refractivity contribution < 1.29 is 32.3 Å². The van der Waals surface area contributed by atoms with Gasteiger partial charge in [0, 0.05) is 25.2 Å². The average molecular weight is 534 g/mol. The van der Waals surface area contributed by atoms with Gasteiger partial charge in [-0.1, -0.05) is 31.0 Å². The van der Waals surface area contributed by atoms with Gasteiger partial charge in [0.05, 0.1) is 11.6 Å². The van der Waals surface area contributed by atoms with Gasteiger partial charge in [0.25, 0.3) is 0 Å². The molecule has 1 aromatic carbocycles. The summed E-state index contributed by atoms with van der Waals surface area (Å²) in [6.07, 6.45) is -2.07. The Morgan fingerprint density at radius 2 is 1.82 bits per heavy atom. The van der Waals surface area contributed by atoms with Crippen LogP contribution in [0.3, 0.4) is 0 Å². The molecule has 2 aliphatic carbocycles. The van der Waals surface area contributed by atoms with Gasteiger partial charge < -0.3 is 26.2 Å². The van der Waals surface area contributed by atoms with Crippen molar-refractivity contribution in [1.82, 2.24) is 15.1 Å². The van der Waals surface area contributed by atoms with Crippen molar-refractivity contribution in [3.8, 4) is 0 Å². The average Bonchev–Trinajstić information content (AvgIpc) is 3.74. The van der Waals surface area contributed by atoms with Gasteiger partial charge in [-0.05, 0) is 48.6 Å². The van der Waals surface area contributed by atoms with Gasteiger partial charge in [-0.3, -0.25) is 19.2 Å². The molecule has 0 aromatic heterocycles. The van der Waals surface area contributed by atoms with Crippen LogP contribution in [0, 0.1) is 11.3 Å². The fraction of sp³-hybridized carbons (Fsp3) is 0.615. The van der Waals surface area contributed by atoms with Crippen LogP contribution in [0.15, 0.2) is 24.3 Å². The second-order valence-corrected chi connectivity index (χ2v) is 11.7. The first-order valence-electron chi connectivity index (χ1n) is 13.1. The van der Waals surface area contributed by atoms with Gasteiger partial charge in [0.2, 0.25) is 17.7 Å². The maximum atomic E-state index is 13.8. The molecule has 3 heterocycles. The summed E-state index contributed by atoms with van der Waals surface area (Å²) in [6.45, 7) is -0.0726. The molecule has 204 valence electrons. The maximum absolute atomic E-state index is 13.8. The minimum Gasteiger partial charge on any atom is -0.342 e. The lowest BCUT2D eigenvalue weighted by molar-refractivity contribution is -0.187. The molecular formula is C26H30F3N5O4. The van der Waals surface area contributed by atoms with Crippen LogP contribution < -0.4 is 16.4 Å². The molecule has 1 unspecified atom stereocenters. The van der Waals surface area contributed by atoms with E-state index in [9.17, 15) is 32.3 Å². The summed E-state index contributed by atoms with van der Waals surface area (Å²) >= 11 is 0. The third-order valence-electron chi connectivity index (χ3n) is 8.96. The summed E-state index contributed by atoms with van der Waals surface area (Å²) in [5.41, 5.74) is 6.36. The van der Waals surface area contributed by atoms with Crippen LogP contribution >= 0.6 is 0 Å². The number of nitrogens with one attached hydrogen (secondary N) is 2. The van der Waals surface area contributed by atoms with E-state index >= 15 is 0 Å². The normalized spacial score (nSPS) is 29.9. The van der Waals surface area contributed by atoms with Crippen LogP contribution in [0.5, 0.6) is 0 Å². The zero-order valence-electron chi connectivity index (χ0n) is 20.7. The second kappa shape index (κ2) is 8.42. The topological polar surface area (TPSA) is 125 Å². The number of nitrogens with two attached hydrogens (primary N) is 1. The summed E-state index contributed by atoms with van der Waals surface area (Å²) in [4.78, 5) is 54.3. The fourth-order valence-corrected chi connectivity index (χ4v) is 6.50. The van der Waals surface area contributed by atoms with E-state index < -0.39 is 53.0 Å². The first-order valence-corrected chi connectivity index (χ1v) is 13.1. The smallest absolute Gasteiger partial charge is 0.342 e. The van der Waals surface area contributed by atoms with E-state index in [1.807, 2.05) is 12.1 Å². The van der Waals surface area contributed by atoms with Crippen molar-refractivity contribution in [3.63, 3.8) is 0 Å². The lowest BCUT2D eigenvalue weighted by atomic mass is 9.80. The number of fused-ring (bicyclic) bond motifs is 2. The zero-order chi connectivity index (χ0) is 27.0. The Labute approximate surface area is 217 Å². The van der Waals surface area contributed by atoms with E-state index in [2.05, 4.69) is 10.6 Å². The van der Waals surface area contributed by atoms with Crippen molar-refractivity contribution in [1.29, 1.82) is 0 Å². The lowest BCUT2D eigenvalue weighted by Crippen LogP contribution is -2.57. The highest BCUT2D eigenvalue weighted by molar-refractivity contribution is 6.07. The van der Waals surface area contributed by atoms with E-state index in [-0.39, 0.29) is 37.8 Å². The van der Waals surface area contributed by atoms with Gasteiger partial charge in [-0.25, -0.2) is 0 Å². The summed E-state index contributed by atoms with van der Waals surface area (Å²) < 4.78 is 39.8. The Kier molecular flexibility index (Phi) is 5.57. The van der Waals surface area contributed by atoms with Crippen molar-refractivity contribution in [2.75, 3.05) is 18.4 Å². The number of benzene rings is 1. The third-order valence-corrected chi connectivity index (χ3v) is 8.96. The first-order chi connectivity index (χ1) is 17.9. The Morgan fingerprint density at radius 1 is 1.11 bits per heavy atom. The molecule has 9 nitrogen and oxygen atoms in total. The van der Waals surface area contributed by atoms with Crippen LogP contribution in [0.1, 0.15) is 50.5 Å². The van der Waals surface area contributed by atoms with Crippen LogP contribution in [0.2, 0.25) is 0 Å². The number of alkyl halides is 3. The number of anilines is 1. The van der Waals surface area contributed by atoms with Gasteiger partial charge in [0.1, 0.15) is 12.1 Å². The molecule has 3 aliphatic heterocycles. The van der Waals surface area contributed by atoms with Crippen molar-refractivity contribution in [3.05, 3.63) is 29.8 Å². The van der Waals surface area contributed by atoms with Gasteiger partial charge in [-0.2, -0.15) is 13.2 Å². The molecule has 38 heavy (non-hydrogen) atoms. The molecule has 2 saturated heterocycles. The predicted octanol–water partition coefficient (Wildman–Crippen LogP) is 1.62. The summed E-state index contributed by atoms with van der Waals surface area (Å²) in [7, 11) is 0. The number of nitrogens with zero attached hydrogens (tertiary/aromatic N) is 2. The zero-order valence-corrected chi connectivity index (χ0v) is 20.7. The maximum Gasteiger partial charge on any atom is 0.471 e. The van der Waals surface area contributed by atoms with Crippen molar-refractivity contribution >= 4 is 29.3 Å². The van der Waals surface area contributed by atoms with Crippen LogP contribution in [-0.4, -0.2) is 70.9 Å². The van der Waals surface area contributed by atoms with Crippen LogP contribution in [0.25, 0.3) is 0 Å². The molecule has 6 rings (SSSR count). The number of carbonyl (C=O) groups excluding carboxylic acids is 4. The Morgan fingerprint density at radius 3 is 2.47 bits per heavy atom. The van der Waals surface area contributed by atoms with Gasteiger partial charge in [-0.15, -0.1) is 0 Å².